The minimum absolute atomic E-state index is 0.0403. The van der Waals surface area contributed by atoms with Crippen molar-refractivity contribution in [1.82, 2.24) is 20.1 Å². The second-order valence-corrected chi connectivity index (χ2v) is 10.7. The Labute approximate surface area is 210 Å². The van der Waals surface area contributed by atoms with Gasteiger partial charge in [-0.3, -0.25) is 19.3 Å². The van der Waals surface area contributed by atoms with E-state index >= 15 is 0 Å². The topological polar surface area (TPSA) is 85.5 Å². The third-order valence-electron chi connectivity index (χ3n) is 6.54. The summed E-state index contributed by atoms with van der Waals surface area (Å²) in [7, 11) is 0. The quantitative estimate of drug-likeness (QED) is 0.414. The fourth-order valence-electron chi connectivity index (χ4n) is 4.65. The SMILES string of the molecule is CC1CN(C(=O)c2c[nH]c3ccc(C(=O)C(=O)NC(C)(C)C)cc23)C(C)CN1Cc1ccc(F)cc1. The maximum atomic E-state index is 13.6. The molecular weight excluding hydrogens is 459 g/mol. The van der Waals surface area contributed by atoms with Gasteiger partial charge in [0.25, 0.3) is 11.8 Å². The molecule has 2 unspecified atom stereocenters. The number of aromatic amines is 1. The highest BCUT2D eigenvalue weighted by molar-refractivity contribution is 6.43. The van der Waals surface area contributed by atoms with Crippen molar-refractivity contribution in [2.75, 3.05) is 13.1 Å². The van der Waals surface area contributed by atoms with Crippen molar-refractivity contribution in [3.8, 4) is 0 Å². The Morgan fingerprint density at radius 2 is 1.72 bits per heavy atom. The Morgan fingerprint density at radius 3 is 2.39 bits per heavy atom. The van der Waals surface area contributed by atoms with Crippen molar-refractivity contribution in [2.24, 2.45) is 0 Å². The van der Waals surface area contributed by atoms with Crippen molar-refractivity contribution in [2.45, 2.75) is 58.8 Å². The highest BCUT2D eigenvalue weighted by atomic mass is 19.1. The number of amides is 2. The summed E-state index contributed by atoms with van der Waals surface area (Å²) in [5.41, 5.74) is 1.93. The molecule has 2 N–H and O–H groups in total. The summed E-state index contributed by atoms with van der Waals surface area (Å²) < 4.78 is 13.3. The minimum atomic E-state index is -0.676. The number of carbonyl (C=O) groups is 3. The van der Waals surface area contributed by atoms with Crippen LogP contribution in [-0.4, -0.2) is 63.1 Å². The average molecular weight is 493 g/mol. The molecule has 190 valence electrons. The van der Waals surface area contributed by atoms with Crippen molar-refractivity contribution < 1.29 is 18.8 Å². The molecule has 1 aromatic heterocycles. The zero-order valence-corrected chi connectivity index (χ0v) is 21.4. The first-order chi connectivity index (χ1) is 16.9. The normalized spacial score (nSPS) is 18.9. The molecule has 8 heteroatoms. The number of halogens is 1. The molecule has 2 heterocycles. The number of Topliss-reactive ketones (excluding diaryl/α,β-unsaturated/α-hetero) is 1. The van der Waals surface area contributed by atoms with Gasteiger partial charge in [-0.15, -0.1) is 0 Å². The number of piperazine rings is 1. The highest BCUT2D eigenvalue weighted by Gasteiger charge is 2.33. The van der Waals surface area contributed by atoms with E-state index in [4.69, 9.17) is 0 Å². The van der Waals surface area contributed by atoms with E-state index in [2.05, 4.69) is 22.1 Å². The van der Waals surface area contributed by atoms with Crippen LogP contribution in [-0.2, 0) is 11.3 Å². The number of nitrogens with zero attached hydrogens (tertiary/aromatic N) is 2. The molecule has 2 aromatic carbocycles. The largest absolute Gasteiger partial charge is 0.360 e. The summed E-state index contributed by atoms with van der Waals surface area (Å²) in [5, 5.41) is 3.30. The van der Waals surface area contributed by atoms with Gasteiger partial charge >= 0.3 is 0 Å². The number of fused-ring (bicyclic) bond motifs is 1. The predicted octanol–water partition coefficient (Wildman–Crippen LogP) is 4.14. The summed E-state index contributed by atoms with van der Waals surface area (Å²) in [6.07, 6.45) is 1.67. The van der Waals surface area contributed by atoms with Crippen molar-refractivity contribution in [3.05, 3.63) is 71.2 Å². The van der Waals surface area contributed by atoms with Crippen LogP contribution in [0.15, 0.2) is 48.7 Å². The highest BCUT2D eigenvalue weighted by Crippen LogP contribution is 2.25. The van der Waals surface area contributed by atoms with Crippen LogP contribution < -0.4 is 5.32 Å². The molecule has 2 atom stereocenters. The summed E-state index contributed by atoms with van der Waals surface area (Å²) in [5.74, 6) is -1.69. The molecule has 1 aliphatic rings. The number of hydrogen-bond donors (Lipinski definition) is 2. The van der Waals surface area contributed by atoms with E-state index in [1.807, 2.05) is 32.6 Å². The summed E-state index contributed by atoms with van der Waals surface area (Å²) >= 11 is 0. The molecule has 0 radical (unpaired) electrons. The molecule has 7 nitrogen and oxygen atoms in total. The first kappa shape index (κ1) is 25.6. The Hall–Kier alpha value is -3.52. The van der Waals surface area contributed by atoms with Crippen LogP contribution in [0.5, 0.6) is 0 Å². The first-order valence-electron chi connectivity index (χ1n) is 12.2. The Bertz CT molecular complexity index is 1290. The van der Waals surface area contributed by atoms with Crippen LogP contribution in [0.25, 0.3) is 10.9 Å². The van der Waals surface area contributed by atoms with Crippen LogP contribution in [0.1, 0.15) is 60.9 Å². The van der Waals surface area contributed by atoms with Crippen LogP contribution in [0.4, 0.5) is 4.39 Å². The first-order valence-corrected chi connectivity index (χ1v) is 12.2. The molecule has 0 aliphatic carbocycles. The molecule has 2 amide bonds. The number of hydrogen-bond acceptors (Lipinski definition) is 4. The number of benzene rings is 2. The summed E-state index contributed by atoms with van der Waals surface area (Å²) in [6.45, 7) is 11.4. The molecule has 0 saturated carbocycles. The van der Waals surface area contributed by atoms with Gasteiger partial charge in [0.05, 0.1) is 5.56 Å². The van der Waals surface area contributed by atoms with Crippen LogP contribution in [0.2, 0.25) is 0 Å². The maximum absolute atomic E-state index is 13.6. The lowest BCUT2D eigenvalue weighted by atomic mass is 10.0. The van der Waals surface area contributed by atoms with E-state index in [0.29, 0.717) is 30.6 Å². The zero-order valence-electron chi connectivity index (χ0n) is 21.4. The van der Waals surface area contributed by atoms with Crippen LogP contribution in [0, 0.1) is 5.82 Å². The summed E-state index contributed by atoms with van der Waals surface area (Å²) in [6, 6.07) is 11.5. The van der Waals surface area contributed by atoms with Gasteiger partial charge in [-0.2, -0.15) is 0 Å². The van der Waals surface area contributed by atoms with Gasteiger partial charge in [0.15, 0.2) is 0 Å². The van der Waals surface area contributed by atoms with Crippen molar-refractivity contribution >= 4 is 28.5 Å². The molecule has 36 heavy (non-hydrogen) atoms. The molecular formula is C28H33FN4O3. The fourth-order valence-corrected chi connectivity index (χ4v) is 4.65. The molecule has 0 spiro atoms. The van der Waals surface area contributed by atoms with Gasteiger partial charge in [-0.1, -0.05) is 12.1 Å². The number of nitrogens with one attached hydrogen (secondary N) is 2. The zero-order chi connectivity index (χ0) is 26.2. The van der Waals surface area contributed by atoms with E-state index in [9.17, 15) is 18.8 Å². The van der Waals surface area contributed by atoms with Crippen molar-refractivity contribution in [3.63, 3.8) is 0 Å². The van der Waals surface area contributed by atoms with Gasteiger partial charge in [-0.05, 0) is 70.5 Å². The fraction of sp³-hybridized carbons (Fsp3) is 0.393. The second kappa shape index (κ2) is 9.85. The van der Waals surface area contributed by atoms with E-state index in [1.165, 1.54) is 12.1 Å². The second-order valence-electron chi connectivity index (χ2n) is 10.7. The van der Waals surface area contributed by atoms with Crippen molar-refractivity contribution in [1.29, 1.82) is 0 Å². The number of carbonyl (C=O) groups excluding carboxylic acids is 3. The predicted molar refractivity (Wildman–Crippen MR) is 137 cm³/mol. The van der Waals surface area contributed by atoms with Gasteiger partial charge in [0, 0.05) is 59.9 Å². The Morgan fingerprint density at radius 1 is 1.03 bits per heavy atom. The lowest BCUT2D eigenvalue weighted by Crippen LogP contribution is -2.57. The van der Waals surface area contributed by atoms with Gasteiger partial charge in [-0.25, -0.2) is 4.39 Å². The standard InChI is InChI=1S/C28H33FN4O3/c1-17-15-33(18(2)14-32(17)16-19-6-9-21(29)10-7-19)27(36)23-13-30-24-11-8-20(12-22(23)24)25(34)26(35)31-28(3,4)5/h6-13,17-18,30H,14-16H2,1-5H3,(H,31,35). The molecule has 1 aliphatic heterocycles. The monoisotopic (exact) mass is 492 g/mol. The van der Waals surface area contributed by atoms with Gasteiger partial charge in [0.1, 0.15) is 5.82 Å². The third-order valence-corrected chi connectivity index (χ3v) is 6.54. The van der Waals surface area contributed by atoms with Gasteiger partial charge in [0.2, 0.25) is 5.78 Å². The van der Waals surface area contributed by atoms with Gasteiger partial charge < -0.3 is 15.2 Å². The number of H-pyrrole nitrogens is 1. The third kappa shape index (κ3) is 5.49. The maximum Gasteiger partial charge on any atom is 0.292 e. The van der Waals surface area contributed by atoms with E-state index < -0.39 is 17.2 Å². The Kier molecular flexibility index (Phi) is 7.00. The van der Waals surface area contributed by atoms with Crippen LogP contribution >= 0.6 is 0 Å². The average Bonchev–Trinajstić information content (AvgIpc) is 3.24. The van der Waals surface area contributed by atoms with E-state index in [0.717, 1.165) is 11.1 Å². The molecule has 0 bridgehead atoms. The van der Waals surface area contributed by atoms with E-state index in [-0.39, 0.29) is 29.4 Å². The van der Waals surface area contributed by atoms with Crippen LogP contribution in [0.3, 0.4) is 0 Å². The molecule has 1 saturated heterocycles. The lowest BCUT2D eigenvalue weighted by Gasteiger charge is -2.44. The Balaban J connectivity index is 1.52. The number of aromatic nitrogens is 1. The van der Waals surface area contributed by atoms with E-state index in [1.54, 1.807) is 36.5 Å². The minimum Gasteiger partial charge on any atom is -0.360 e. The molecule has 4 rings (SSSR count). The molecule has 1 fully saturated rings. The number of ketones is 1. The lowest BCUT2D eigenvalue weighted by molar-refractivity contribution is -0.118. The molecule has 3 aromatic rings. The smallest absolute Gasteiger partial charge is 0.292 e. The number of rotatable bonds is 5. The summed E-state index contributed by atoms with van der Waals surface area (Å²) in [4.78, 5) is 46.0.